The molecule has 5 nitrogen and oxygen atoms in total. The van der Waals surface area contributed by atoms with Crippen molar-refractivity contribution in [2.75, 3.05) is 13.2 Å². The molecule has 1 heterocycles. The van der Waals surface area contributed by atoms with Crippen LogP contribution < -0.4 is 0 Å². The van der Waals surface area contributed by atoms with Gasteiger partial charge in [-0.25, -0.2) is 4.79 Å². The van der Waals surface area contributed by atoms with Crippen LogP contribution in [-0.4, -0.2) is 36.0 Å². The Balaban J connectivity index is 1.81. The summed E-state index contributed by atoms with van der Waals surface area (Å²) in [6.45, 7) is 1.93. The van der Waals surface area contributed by atoms with Gasteiger partial charge in [0.05, 0.1) is 12.6 Å². The fourth-order valence-corrected chi connectivity index (χ4v) is 4.41. The van der Waals surface area contributed by atoms with Gasteiger partial charge in [0.25, 0.3) is 0 Å². The molecule has 0 aromatic heterocycles. The van der Waals surface area contributed by atoms with Gasteiger partial charge in [-0.05, 0) is 61.1 Å². The molecule has 30 heavy (non-hydrogen) atoms. The Morgan fingerprint density at radius 3 is 2.50 bits per heavy atom. The Morgan fingerprint density at radius 1 is 1.13 bits per heavy atom. The van der Waals surface area contributed by atoms with Crippen LogP contribution >= 0.6 is 23.2 Å². The topological polar surface area (TPSA) is 55.8 Å². The first-order valence-electron chi connectivity index (χ1n) is 10.1. The normalized spacial score (nSPS) is 22.6. The van der Waals surface area contributed by atoms with Gasteiger partial charge in [-0.15, -0.1) is 0 Å². The maximum absolute atomic E-state index is 13.1. The predicted molar refractivity (Wildman–Crippen MR) is 114 cm³/mol. The van der Waals surface area contributed by atoms with Crippen molar-refractivity contribution >= 4 is 35.1 Å². The maximum atomic E-state index is 13.1. The predicted octanol–water partition coefficient (Wildman–Crippen LogP) is 4.98. The summed E-state index contributed by atoms with van der Waals surface area (Å²) in [5, 5.41) is 1.18. The average molecular weight is 448 g/mol. The van der Waals surface area contributed by atoms with E-state index in [1.54, 1.807) is 30.0 Å². The van der Waals surface area contributed by atoms with Crippen LogP contribution in [0.4, 0.5) is 0 Å². The lowest BCUT2D eigenvalue weighted by Crippen LogP contribution is -2.54. The minimum atomic E-state index is -0.635. The highest BCUT2D eigenvalue weighted by Crippen LogP contribution is 2.46. The van der Waals surface area contributed by atoms with Gasteiger partial charge in [0.2, 0.25) is 5.91 Å². The first-order valence-corrected chi connectivity index (χ1v) is 10.9. The zero-order valence-electron chi connectivity index (χ0n) is 16.6. The molecule has 0 spiro atoms. The van der Waals surface area contributed by atoms with E-state index >= 15 is 0 Å². The zero-order chi connectivity index (χ0) is 21.3. The highest BCUT2D eigenvalue weighted by Gasteiger charge is 2.50. The molecule has 1 saturated heterocycles. The summed E-state index contributed by atoms with van der Waals surface area (Å²) in [6, 6.07) is 13.6. The van der Waals surface area contributed by atoms with Crippen molar-refractivity contribution in [2.45, 2.75) is 38.0 Å². The molecule has 2 aromatic carbocycles. The summed E-state index contributed by atoms with van der Waals surface area (Å²) < 4.78 is 11.4. The van der Waals surface area contributed by atoms with Gasteiger partial charge >= 0.3 is 5.97 Å². The second kappa shape index (κ2) is 8.96. The number of carbonyl (C=O) groups excluding carboxylic acids is 2. The smallest absolute Gasteiger partial charge is 0.329 e. The van der Waals surface area contributed by atoms with Crippen molar-refractivity contribution < 1.29 is 19.1 Å². The second-order valence-electron chi connectivity index (χ2n) is 7.62. The molecule has 2 unspecified atom stereocenters. The van der Waals surface area contributed by atoms with Crippen LogP contribution in [0.25, 0.3) is 0 Å². The number of hydrogen-bond donors (Lipinski definition) is 0. The number of rotatable bonds is 6. The lowest BCUT2D eigenvalue weighted by Gasteiger charge is -2.44. The number of amides is 1. The number of nitrogens with zero attached hydrogens (tertiary/aromatic N) is 1. The van der Waals surface area contributed by atoms with Crippen LogP contribution in [-0.2, 0) is 19.1 Å². The molecule has 1 aliphatic carbocycles. The van der Waals surface area contributed by atoms with Gasteiger partial charge in [0.1, 0.15) is 18.8 Å². The van der Waals surface area contributed by atoms with E-state index < -0.39 is 18.2 Å². The fourth-order valence-electron chi connectivity index (χ4n) is 4.09. The van der Waals surface area contributed by atoms with Crippen LogP contribution in [0.3, 0.4) is 0 Å². The van der Waals surface area contributed by atoms with E-state index in [9.17, 15) is 9.59 Å². The van der Waals surface area contributed by atoms with E-state index in [0.717, 1.165) is 24.0 Å². The molecule has 1 saturated carbocycles. The quantitative estimate of drug-likeness (QED) is 0.586. The van der Waals surface area contributed by atoms with Gasteiger partial charge in [0.15, 0.2) is 0 Å². The monoisotopic (exact) mass is 447 g/mol. The molecule has 1 aliphatic heterocycles. The summed E-state index contributed by atoms with van der Waals surface area (Å²) in [5.74, 6) is -0.488. The van der Waals surface area contributed by atoms with Gasteiger partial charge in [0, 0.05) is 10.0 Å². The Labute approximate surface area is 185 Å². The number of hydrogen-bond acceptors (Lipinski definition) is 4. The number of ether oxygens (including phenoxy) is 2. The Kier molecular flexibility index (Phi) is 6.32. The third-order valence-corrected chi connectivity index (χ3v) is 6.03. The maximum Gasteiger partial charge on any atom is 0.329 e. The van der Waals surface area contributed by atoms with E-state index in [1.807, 2.05) is 30.3 Å². The molecule has 2 aliphatic rings. The Morgan fingerprint density at radius 2 is 1.87 bits per heavy atom. The van der Waals surface area contributed by atoms with Crippen LogP contribution in [0.2, 0.25) is 10.0 Å². The molecule has 2 fully saturated rings. The molecular weight excluding hydrogens is 425 g/mol. The third-order valence-electron chi connectivity index (χ3n) is 5.55. The van der Waals surface area contributed by atoms with Crippen molar-refractivity contribution in [3.8, 4) is 0 Å². The summed E-state index contributed by atoms with van der Waals surface area (Å²) in [4.78, 5) is 27.7. The van der Waals surface area contributed by atoms with Gasteiger partial charge in [-0.1, -0.05) is 47.5 Å². The van der Waals surface area contributed by atoms with E-state index in [0.29, 0.717) is 10.0 Å². The number of carbonyl (C=O) groups is 2. The van der Waals surface area contributed by atoms with Crippen LogP contribution in [0, 0.1) is 5.92 Å². The number of benzene rings is 2. The van der Waals surface area contributed by atoms with Gasteiger partial charge < -0.3 is 14.4 Å². The number of esters is 1. The van der Waals surface area contributed by atoms with Gasteiger partial charge in [-0.2, -0.15) is 0 Å². The van der Waals surface area contributed by atoms with E-state index in [-0.39, 0.29) is 31.0 Å². The van der Waals surface area contributed by atoms with Crippen molar-refractivity contribution in [3.05, 3.63) is 69.7 Å². The van der Waals surface area contributed by atoms with E-state index in [2.05, 4.69) is 0 Å². The molecule has 0 N–H and O–H groups in total. The SMILES string of the molecule is CCOC(=O)[C@H](C1CC1)N1C(=O)COC(c2cccc(Cl)c2)C1c1ccc(Cl)cc1. The van der Waals surface area contributed by atoms with E-state index in [4.69, 9.17) is 32.7 Å². The van der Waals surface area contributed by atoms with Crippen LogP contribution in [0.15, 0.2) is 48.5 Å². The first-order chi connectivity index (χ1) is 14.5. The zero-order valence-corrected chi connectivity index (χ0v) is 18.1. The summed E-state index contributed by atoms with van der Waals surface area (Å²) in [6.07, 6.45) is 1.31. The van der Waals surface area contributed by atoms with Gasteiger partial charge in [-0.3, -0.25) is 4.79 Å². The Bertz CT molecular complexity index is 929. The largest absolute Gasteiger partial charge is 0.464 e. The van der Waals surface area contributed by atoms with Crippen molar-refractivity contribution in [2.24, 2.45) is 5.92 Å². The molecule has 7 heteroatoms. The number of morpholine rings is 1. The number of halogens is 2. The molecule has 2 aromatic rings. The molecule has 1 amide bonds. The highest BCUT2D eigenvalue weighted by atomic mass is 35.5. The van der Waals surface area contributed by atoms with E-state index in [1.165, 1.54) is 0 Å². The lowest BCUT2D eigenvalue weighted by molar-refractivity contribution is -0.174. The molecule has 4 rings (SSSR count). The Hall–Kier alpha value is -2.08. The summed E-state index contributed by atoms with van der Waals surface area (Å²) >= 11 is 12.3. The standard InChI is InChI=1S/C23H23Cl2NO4/c1-2-29-23(28)21(15-6-7-15)26-19(27)13-30-22(16-4-3-5-18(25)12-16)20(26)14-8-10-17(24)11-9-14/h3-5,8-12,15,20-22H,2,6-7,13H2,1H3/t20?,21-,22?/m0/s1. The minimum absolute atomic E-state index is 0.0981. The first kappa shape index (κ1) is 21.2. The van der Waals surface area contributed by atoms with Crippen LogP contribution in [0.1, 0.15) is 43.0 Å². The summed E-state index contributed by atoms with van der Waals surface area (Å²) in [5.41, 5.74) is 1.69. The van der Waals surface area contributed by atoms with Crippen molar-refractivity contribution in [1.82, 2.24) is 4.90 Å². The third kappa shape index (κ3) is 4.34. The van der Waals surface area contributed by atoms with Crippen LogP contribution in [0.5, 0.6) is 0 Å². The molecule has 0 bridgehead atoms. The minimum Gasteiger partial charge on any atom is -0.464 e. The molecule has 158 valence electrons. The fraction of sp³-hybridized carbons (Fsp3) is 0.391. The van der Waals surface area contributed by atoms with Crippen molar-refractivity contribution in [1.29, 1.82) is 0 Å². The average Bonchev–Trinajstić information content (AvgIpc) is 3.55. The molecule has 0 radical (unpaired) electrons. The second-order valence-corrected chi connectivity index (χ2v) is 8.49. The molecular formula is C23H23Cl2NO4. The highest BCUT2D eigenvalue weighted by molar-refractivity contribution is 6.30. The molecule has 3 atom stereocenters. The lowest BCUT2D eigenvalue weighted by atomic mass is 9.90. The van der Waals surface area contributed by atoms with Crippen molar-refractivity contribution in [3.63, 3.8) is 0 Å². The summed E-state index contributed by atoms with van der Waals surface area (Å²) in [7, 11) is 0.